The molecular formula is C12H15N3O3S. The maximum absolute atomic E-state index is 11.9. The quantitative estimate of drug-likeness (QED) is 0.893. The van der Waals surface area contributed by atoms with Gasteiger partial charge in [-0.25, -0.2) is 13.1 Å². The fourth-order valence-electron chi connectivity index (χ4n) is 1.54. The van der Waals surface area contributed by atoms with Crippen molar-refractivity contribution in [1.82, 2.24) is 14.9 Å². The number of nitrogens with zero attached hydrogens (tertiary/aromatic N) is 2. The van der Waals surface area contributed by atoms with E-state index in [4.69, 9.17) is 4.42 Å². The molecule has 19 heavy (non-hydrogen) atoms. The minimum atomic E-state index is -3.41. The molecule has 0 aliphatic heterocycles. The minimum Gasteiger partial charge on any atom is -0.424 e. The molecule has 1 aromatic carbocycles. The van der Waals surface area contributed by atoms with Crippen molar-refractivity contribution >= 4 is 10.0 Å². The largest absolute Gasteiger partial charge is 0.424 e. The molecule has 0 atom stereocenters. The van der Waals surface area contributed by atoms with Gasteiger partial charge < -0.3 is 4.42 Å². The van der Waals surface area contributed by atoms with Gasteiger partial charge in [-0.1, -0.05) is 29.8 Å². The zero-order valence-electron chi connectivity index (χ0n) is 10.8. The lowest BCUT2D eigenvalue weighted by Crippen LogP contribution is -2.24. The molecule has 1 heterocycles. The fourth-order valence-corrected chi connectivity index (χ4v) is 2.61. The van der Waals surface area contributed by atoms with Gasteiger partial charge in [0.1, 0.15) is 0 Å². The second-order valence-corrected chi connectivity index (χ2v) is 6.09. The number of hydrogen-bond donors (Lipinski definition) is 1. The molecule has 0 saturated heterocycles. The van der Waals surface area contributed by atoms with E-state index >= 15 is 0 Å². The topological polar surface area (TPSA) is 85.1 Å². The molecule has 0 saturated carbocycles. The Balaban J connectivity index is 1.97. The number of nitrogens with one attached hydrogen (secondary N) is 1. The van der Waals surface area contributed by atoms with Gasteiger partial charge in [0.15, 0.2) is 0 Å². The summed E-state index contributed by atoms with van der Waals surface area (Å²) in [5.41, 5.74) is 1.83. The Morgan fingerprint density at radius 1 is 1.16 bits per heavy atom. The van der Waals surface area contributed by atoms with Crippen LogP contribution in [0.5, 0.6) is 0 Å². The van der Waals surface area contributed by atoms with Crippen molar-refractivity contribution in [2.45, 2.75) is 26.1 Å². The van der Waals surface area contributed by atoms with Gasteiger partial charge in [0.05, 0.1) is 12.3 Å². The van der Waals surface area contributed by atoms with Crippen LogP contribution in [-0.2, 0) is 22.3 Å². The van der Waals surface area contributed by atoms with E-state index in [0.29, 0.717) is 5.89 Å². The summed E-state index contributed by atoms with van der Waals surface area (Å²) in [6.45, 7) is 3.61. The number of aromatic nitrogens is 2. The zero-order chi connectivity index (χ0) is 13.9. The van der Waals surface area contributed by atoms with Gasteiger partial charge in [-0.2, -0.15) is 0 Å². The second kappa shape index (κ2) is 5.50. The van der Waals surface area contributed by atoms with Crippen LogP contribution in [0.3, 0.4) is 0 Å². The predicted molar refractivity (Wildman–Crippen MR) is 69.7 cm³/mol. The highest BCUT2D eigenvalue weighted by Gasteiger charge is 2.13. The number of sulfonamides is 1. The Hall–Kier alpha value is -1.73. The van der Waals surface area contributed by atoms with Crippen LogP contribution in [0.4, 0.5) is 0 Å². The highest BCUT2D eigenvalue weighted by atomic mass is 32.2. The van der Waals surface area contributed by atoms with E-state index < -0.39 is 10.0 Å². The maximum atomic E-state index is 11.9. The first-order chi connectivity index (χ1) is 8.94. The monoisotopic (exact) mass is 281 g/mol. The third-order valence-electron chi connectivity index (χ3n) is 2.49. The van der Waals surface area contributed by atoms with Gasteiger partial charge >= 0.3 is 0 Å². The molecule has 7 heteroatoms. The Bertz CT molecular complexity index is 647. The molecule has 0 bridgehead atoms. The minimum absolute atomic E-state index is 0.00896. The Morgan fingerprint density at radius 3 is 2.42 bits per heavy atom. The lowest BCUT2D eigenvalue weighted by molar-refractivity contribution is 0.460. The van der Waals surface area contributed by atoms with Crippen LogP contribution in [-0.4, -0.2) is 18.6 Å². The first kappa shape index (κ1) is 13.7. The van der Waals surface area contributed by atoms with Gasteiger partial charge in [-0.15, -0.1) is 10.2 Å². The van der Waals surface area contributed by atoms with Crippen LogP contribution in [0, 0.1) is 13.8 Å². The van der Waals surface area contributed by atoms with Crippen molar-refractivity contribution in [3.8, 4) is 0 Å². The van der Waals surface area contributed by atoms with E-state index in [1.165, 1.54) is 0 Å². The summed E-state index contributed by atoms with van der Waals surface area (Å²) in [7, 11) is -3.41. The summed E-state index contributed by atoms with van der Waals surface area (Å²) in [6.07, 6.45) is 0. The second-order valence-electron chi connectivity index (χ2n) is 4.28. The summed E-state index contributed by atoms with van der Waals surface area (Å²) in [5, 5.41) is 7.35. The van der Waals surface area contributed by atoms with Gasteiger partial charge in [-0.05, 0) is 12.5 Å². The fraction of sp³-hybridized carbons (Fsp3) is 0.333. The summed E-state index contributed by atoms with van der Waals surface area (Å²) in [4.78, 5) is 0. The number of hydrogen-bond acceptors (Lipinski definition) is 5. The van der Waals surface area contributed by atoms with Crippen molar-refractivity contribution in [2.24, 2.45) is 0 Å². The van der Waals surface area contributed by atoms with Crippen molar-refractivity contribution in [1.29, 1.82) is 0 Å². The normalized spacial score (nSPS) is 11.7. The Labute approximate surface area is 111 Å². The standard InChI is InChI=1S/C12H15N3O3S/c1-9-3-5-11(6-4-9)8-19(16,17)13-7-12-15-14-10(2)18-12/h3-6,13H,7-8H2,1-2H3. The molecule has 1 N–H and O–H groups in total. The third kappa shape index (κ3) is 4.15. The van der Waals surface area contributed by atoms with E-state index in [0.717, 1.165) is 11.1 Å². The maximum Gasteiger partial charge on any atom is 0.231 e. The first-order valence-corrected chi connectivity index (χ1v) is 7.42. The van der Waals surface area contributed by atoms with E-state index in [1.54, 1.807) is 19.1 Å². The van der Waals surface area contributed by atoms with Gasteiger partial charge in [-0.3, -0.25) is 0 Å². The number of benzene rings is 1. The van der Waals surface area contributed by atoms with Crippen LogP contribution < -0.4 is 4.72 Å². The third-order valence-corrected chi connectivity index (χ3v) is 3.79. The average Bonchev–Trinajstić information content (AvgIpc) is 2.76. The van der Waals surface area contributed by atoms with E-state index in [1.807, 2.05) is 19.1 Å². The molecule has 0 aliphatic carbocycles. The average molecular weight is 281 g/mol. The highest BCUT2D eigenvalue weighted by Crippen LogP contribution is 2.07. The van der Waals surface area contributed by atoms with Crippen molar-refractivity contribution in [3.63, 3.8) is 0 Å². The molecule has 6 nitrogen and oxygen atoms in total. The molecule has 2 aromatic rings. The molecular weight excluding hydrogens is 266 g/mol. The molecule has 0 radical (unpaired) electrons. The molecule has 1 aromatic heterocycles. The van der Waals surface area contributed by atoms with Gasteiger partial charge in [0.25, 0.3) is 0 Å². The lowest BCUT2D eigenvalue weighted by Gasteiger charge is -2.05. The predicted octanol–water partition coefficient (Wildman–Crippen LogP) is 1.31. The first-order valence-electron chi connectivity index (χ1n) is 5.76. The van der Waals surface area contributed by atoms with E-state index in [2.05, 4.69) is 14.9 Å². The molecule has 102 valence electrons. The van der Waals surface area contributed by atoms with Gasteiger partial charge in [0.2, 0.25) is 21.8 Å². The smallest absolute Gasteiger partial charge is 0.231 e. The molecule has 0 spiro atoms. The van der Waals surface area contributed by atoms with Crippen LogP contribution >= 0.6 is 0 Å². The summed E-state index contributed by atoms with van der Waals surface area (Å²) >= 11 is 0. The van der Waals surface area contributed by atoms with Crippen LogP contribution in [0.1, 0.15) is 22.9 Å². The van der Waals surface area contributed by atoms with Gasteiger partial charge in [0, 0.05) is 6.92 Å². The van der Waals surface area contributed by atoms with Crippen LogP contribution in [0.15, 0.2) is 28.7 Å². The van der Waals surface area contributed by atoms with Crippen molar-refractivity contribution < 1.29 is 12.8 Å². The van der Waals surface area contributed by atoms with Crippen LogP contribution in [0.2, 0.25) is 0 Å². The summed E-state index contributed by atoms with van der Waals surface area (Å²) in [5.74, 6) is 0.596. The highest BCUT2D eigenvalue weighted by molar-refractivity contribution is 7.88. The van der Waals surface area contributed by atoms with E-state index in [-0.39, 0.29) is 18.2 Å². The Morgan fingerprint density at radius 2 is 1.84 bits per heavy atom. The van der Waals surface area contributed by atoms with Crippen molar-refractivity contribution in [2.75, 3.05) is 0 Å². The number of rotatable bonds is 5. The molecule has 0 fully saturated rings. The zero-order valence-corrected chi connectivity index (χ0v) is 11.6. The summed E-state index contributed by atoms with van der Waals surface area (Å²) < 4.78 is 31.3. The molecule has 2 rings (SSSR count). The summed E-state index contributed by atoms with van der Waals surface area (Å²) in [6, 6.07) is 7.36. The number of aryl methyl sites for hydroxylation is 2. The lowest BCUT2D eigenvalue weighted by atomic mass is 10.2. The molecule has 0 amide bonds. The van der Waals surface area contributed by atoms with Crippen LogP contribution in [0.25, 0.3) is 0 Å². The SMILES string of the molecule is Cc1ccc(CS(=O)(=O)NCc2nnc(C)o2)cc1. The Kier molecular flexibility index (Phi) is 3.96. The molecule has 0 unspecified atom stereocenters. The van der Waals surface area contributed by atoms with Crippen molar-refractivity contribution in [3.05, 3.63) is 47.2 Å². The van der Waals surface area contributed by atoms with E-state index in [9.17, 15) is 8.42 Å². The molecule has 0 aliphatic rings.